The van der Waals surface area contributed by atoms with E-state index in [1.54, 1.807) is 0 Å². The summed E-state index contributed by atoms with van der Waals surface area (Å²) in [5.74, 6) is 0.567. The summed E-state index contributed by atoms with van der Waals surface area (Å²) < 4.78 is 1.09. The van der Waals surface area contributed by atoms with E-state index < -0.39 is 0 Å². The first-order chi connectivity index (χ1) is 8.02. The molecule has 0 saturated carbocycles. The first-order valence-corrected chi connectivity index (χ1v) is 6.75. The molecule has 92 valence electrons. The largest absolute Gasteiger partial charge is 0.317 e. The SMILES string of the molecule is CCCC(=O)NC(=S)Nc1ccc(I)c(C)n1. The molecule has 4 nitrogen and oxygen atoms in total. The number of rotatable bonds is 3. The van der Waals surface area contributed by atoms with Crippen LogP contribution in [0.1, 0.15) is 25.5 Å². The Morgan fingerprint density at radius 2 is 2.24 bits per heavy atom. The molecule has 1 heterocycles. The van der Waals surface area contributed by atoms with Crippen molar-refractivity contribution in [3.63, 3.8) is 0 Å². The van der Waals surface area contributed by atoms with Crippen LogP contribution in [-0.2, 0) is 4.79 Å². The van der Waals surface area contributed by atoms with Gasteiger partial charge in [0.2, 0.25) is 5.91 Å². The first kappa shape index (κ1) is 14.3. The fourth-order valence-electron chi connectivity index (χ4n) is 1.18. The van der Waals surface area contributed by atoms with Crippen LogP contribution in [0.3, 0.4) is 0 Å². The lowest BCUT2D eigenvalue weighted by molar-refractivity contribution is -0.119. The summed E-state index contributed by atoms with van der Waals surface area (Å²) in [5, 5.41) is 5.78. The highest BCUT2D eigenvalue weighted by Crippen LogP contribution is 2.12. The number of nitrogens with zero attached hydrogens (tertiary/aromatic N) is 1. The predicted octanol–water partition coefficient (Wildman–Crippen LogP) is 2.61. The van der Waals surface area contributed by atoms with Gasteiger partial charge in [-0.15, -0.1) is 0 Å². The molecule has 6 heteroatoms. The highest BCUT2D eigenvalue weighted by atomic mass is 127. The monoisotopic (exact) mass is 363 g/mol. The van der Waals surface area contributed by atoms with Crippen molar-refractivity contribution >= 4 is 51.6 Å². The zero-order valence-electron chi connectivity index (χ0n) is 9.71. The van der Waals surface area contributed by atoms with Crippen LogP contribution in [0.15, 0.2) is 12.1 Å². The molecule has 0 bridgehead atoms. The summed E-state index contributed by atoms with van der Waals surface area (Å²) in [7, 11) is 0. The van der Waals surface area contributed by atoms with Crippen molar-refractivity contribution in [2.75, 3.05) is 5.32 Å². The predicted molar refractivity (Wildman–Crippen MR) is 81.0 cm³/mol. The molecule has 1 aromatic heterocycles. The third kappa shape index (κ3) is 4.95. The van der Waals surface area contributed by atoms with Crippen LogP contribution in [0.25, 0.3) is 0 Å². The van der Waals surface area contributed by atoms with Gasteiger partial charge < -0.3 is 10.6 Å². The van der Waals surface area contributed by atoms with Gasteiger partial charge in [0.1, 0.15) is 5.82 Å². The average molecular weight is 363 g/mol. The molecule has 0 aliphatic carbocycles. The smallest absolute Gasteiger partial charge is 0.226 e. The zero-order chi connectivity index (χ0) is 12.8. The summed E-state index contributed by atoms with van der Waals surface area (Å²) in [6.07, 6.45) is 1.27. The minimum Gasteiger partial charge on any atom is -0.317 e. The van der Waals surface area contributed by atoms with E-state index in [0.29, 0.717) is 12.2 Å². The van der Waals surface area contributed by atoms with Gasteiger partial charge in [-0.3, -0.25) is 4.79 Å². The number of anilines is 1. The van der Waals surface area contributed by atoms with E-state index >= 15 is 0 Å². The molecule has 1 amide bonds. The van der Waals surface area contributed by atoms with E-state index in [1.165, 1.54) is 0 Å². The van der Waals surface area contributed by atoms with Crippen molar-refractivity contribution in [3.8, 4) is 0 Å². The Bertz CT molecular complexity index is 437. The lowest BCUT2D eigenvalue weighted by atomic mass is 10.3. The summed E-state index contributed by atoms with van der Waals surface area (Å²) >= 11 is 7.23. The van der Waals surface area contributed by atoms with E-state index in [2.05, 4.69) is 38.2 Å². The minimum absolute atomic E-state index is 0.0766. The Hall–Kier alpha value is -0.760. The molecular weight excluding hydrogens is 349 g/mol. The van der Waals surface area contributed by atoms with Gasteiger partial charge in [0.15, 0.2) is 5.11 Å². The number of aryl methyl sites for hydroxylation is 1. The topological polar surface area (TPSA) is 54.0 Å². The number of pyridine rings is 1. The maximum absolute atomic E-state index is 11.3. The van der Waals surface area contributed by atoms with Crippen molar-refractivity contribution < 1.29 is 4.79 Å². The summed E-state index contributed by atoms with van der Waals surface area (Å²) in [6.45, 7) is 3.87. The molecule has 17 heavy (non-hydrogen) atoms. The van der Waals surface area contributed by atoms with Crippen LogP contribution in [0, 0.1) is 10.5 Å². The number of halogens is 1. The van der Waals surface area contributed by atoms with E-state index in [1.807, 2.05) is 26.0 Å². The van der Waals surface area contributed by atoms with Gasteiger partial charge in [0.25, 0.3) is 0 Å². The van der Waals surface area contributed by atoms with Gasteiger partial charge >= 0.3 is 0 Å². The van der Waals surface area contributed by atoms with Crippen LogP contribution in [0.2, 0.25) is 0 Å². The average Bonchev–Trinajstić information content (AvgIpc) is 2.23. The molecule has 0 saturated heterocycles. The molecule has 0 fully saturated rings. The Balaban J connectivity index is 2.56. The van der Waals surface area contributed by atoms with Crippen LogP contribution in [0.5, 0.6) is 0 Å². The van der Waals surface area contributed by atoms with Crippen molar-refractivity contribution in [2.24, 2.45) is 0 Å². The molecule has 0 radical (unpaired) electrons. The third-order valence-electron chi connectivity index (χ3n) is 1.99. The summed E-state index contributed by atoms with van der Waals surface area (Å²) in [4.78, 5) is 15.6. The maximum Gasteiger partial charge on any atom is 0.226 e. The highest BCUT2D eigenvalue weighted by molar-refractivity contribution is 14.1. The van der Waals surface area contributed by atoms with Crippen molar-refractivity contribution in [3.05, 3.63) is 21.4 Å². The van der Waals surface area contributed by atoms with Crippen LogP contribution in [-0.4, -0.2) is 16.0 Å². The Morgan fingerprint density at radius 3 is 2.82 bits per heavy atom. The number of aromatic nitrogens is 1. The number of thiocarbonyl (C=S) groups is 1. The Labute approximate surface area is 120 Å². The van der Waals surface area contributed by atoms with Gasteiger partial charge in [0, 0.05) is 9.99 Å². The van der Waals surface area contributed by atoms with Crippen molar-refractivity contribution in [1.29, 1.82) is 0 Å². The molecule has 1 rings (SSSR count). The normalized spacial score (nSPS) is 9.82. The van der Waals surface area contributed by atoms with Gasteiger partial charge in [-0.05, 0) is 60.3 Å². The lowest BCUT2D eigenvalue weighted by Crippen LogP contribution is -2.34. The number of hydrogen-bond acceptors (Lipinski definition) is 3. The Kier molecular flexibility index (Phi) is 5.76. The number of carbonyl (C=O) groups is 1. The van der Waals surface area contributed by atoms with Crippen LogP contribution < -0.4 is 10.6 Å². The quantitative estimate of drug-likeness (QED) is 0.640. The van der Waals surface area contributed by atoms with E-state index in [4.69, 9.17) is 12.2 Å². The number of carbonyl (C=O) groups excluding carboxylic acids is 1. The molecule has 0 unspecified atom stereocenters. The molecule has 1 aromatic rings. The fraction of sp³-hybridized carbons (Fsp3) is 0.364. The second kappa shape index (κ2) is 6.85. The molecule has 0 atom stereocenters. The molecule has 0 aromatic carbocycles. The molecule has 2 N–H and O–H groups in total. The van der Waals surface area contributed by atoms with Crippen LogP contribution in [0.4, 0.5) is 5.82 Å². The molecule has 0 aliphatic rings. The van der Waals surface area contributed by atoms with Crippen molar-refractivity contribution in [1.82, 2.24) is 10.3 Å². The van der Waals surface area contributed by atoms with E-state index in [0.717, 1.165) is 15.7 Å². The number of amides is 1. The standard InChI is InChI=1S/C11H14IN3OS/c1-3-4-10(16)15-11(17)14-9-6-5-8(12)7(2)13-9/h5-6H,3-4H2,1-2H3,(H2,13,14,15,16,17). The fourth-order valence-corrected chi connectivity index (χ4v) is 1.70. The zero-order valence-corrected chi connectivity index (χ0v) is 12.7. The minimum atomic E-state index is -0.0766. The first-order valence-electron chi connectivity index (χ1n) is 5.27. The van der Waals surface area contributed by atoms with Gasteiger partial charge in [-0.25, -0.2) is 4.98 Å². The molecule has 0 aliphatic heterocycles. The van der Waals surface area contributed by atoms with E-state index in [-0.39, 0.29) is 11.0 Å². The second-order valence-corrected chi connectivity index (χ2v) is 5.09. The Morgan fingerprint density at radius 1 is 1.53 bits per heavy atom. The van der Waals surface area contributed by atoms with Crippen LogP contribution >= 0.6 is 34.8 Å². The number of hydrogen-bond donors (Lipinski definition) is 2. The molecule has 0 spiro atoms. The summed E-state index contributed by atoms with van der Waals surface area (Å²) in [6, 6.07) is 3.77. The third-order valence-corrected chi connectivity index (χ3v) is 3.34. The summed E-state index contributed by atoms with van der Waals surface area (Å²) in [5.41, 5.74) is 0.929. The van der Waals surface area contributed by atoms with Gasteiger partial charge in [-0.1, -0.05) is 6.92 Å². The van der Waals surface area contributed by atoms with Gasteiger partial charge in [0.05, 0.1) is 5.69 Å². The second-order valence-electron chi connectivity index (χ2n) is 3.52. The lowest BCUT2D eigenvalue weighted by Gasteiger charge is -2.09. The van der Waals surface area contributed by atoms with E-state index in [9.17, 15) is 4.79 Å². The van der Waals surface area contributed by atoms with Crippen molar-refractivity contribution in [2.45, 2.75) is 26.7 Å². The maximum atomic E-state index is 11.3. The molecular formula is C11H14IN3OS. The van der Waals surface area contributed by atoms with Gasteiger partial charge in [-0.2, -0.15) is 0 Å². The highest BCUT2D eigenvalue weighted by Gasteiger charge is 2.05. The number of nitrogens with one attached hydrogen (secondary N) is 2.